The van der Waals surface area contributed by atoms with E-state index in [-0.39, 0.29) is 18.0 Å². The zero-order valence-corrected chi connectivity index (χ0v) is 18.2. The van der Waals surface area contributed by atoms with Crippen molar-refractivity contribution in [2.75, 3.05) is 0 Å². The predicted molar refractivity (Wildman–Crippen MR) is 114 cm³/mol. The molecular formula is C20H13Br2ClN2O3. The topological polar surface area (TPSA) is 68.3 Å². The molecule has 1 N–H and O–H groups in total. The van der Waals surface area contributed by atoms with Crippen molar-refractivity contribution in [3.05, 3.63) is 91.6 Å². The number of nitrogens with zero attached hydrogens (tertiary/aromatic N) is 1. The Bertz CT molecular complexity index is 1030. The van der Waals surface area contributed by atoms with Crippen molar-refractivity contribution in [3.8, 4) is 5.75 Å². The molecule has 1 aromatic heterocycles. The first kappa shape index (κ1) is 20.5. The van der Waals surface area contributed by atoms with Crippen LogP contribution in [-0.4, -0.2) is 16.9 Å². The van der Waals surface area contributed by atoms with Gasteiger partial charge in [0.15, 0.2) is 0 Å². The third-order valence-corrected chi connectivity index (χ3v) is 5.09. The highest BCUT2D eigenvalue weighted by atomic mass is 79.9. The van der Waals surface area contributed by atoms with Crippen LogP contribution >= 0.6 is 43.5 Å². The van der Waals surface area contributed by atoms with E-state index < -0.39 is 5.97 Å². The maximum Gasteiger partial charge on any atom is 0.345 e. The Balaban J connectivity index is 1.83. The molecule has 0 aliphatic carbocycles. The fraction of sp³-hybridized carbons (Fsp3) is 0.0500. The van der Waals surface area contributed by atoms with E-state index in [2.05, 4.69) is 42.2 Å². The molecule has 0 unspecified atom stereocenters. The number of nitrogens with one attached hydrogen (secondary N) is 1. The van der Waals surface area contributed by atoms with Crippen LogP contribution in [0.5, 0.6) is 5.75 Å². The molecule has 0 atom stereocenters. The van der Waals surface area contributed by atoms with Crippen molar-refractivity contribution in [1.82, 2.24) is 10.3 Å². The molecule has 1 amide bonds. The molecule has 0 spiro atoms. The number of carbonyl (C=O) groups excluding carboxylic acids is 2. The summed E-state index contributed by atoms with van der Waals surface area (Å²) >= 11 is 12.9. The minimum Gasteiger partial charge on any atom is -0.421 e. The molecule has 0 saturated carbocycles. The summed E-state index contributed by atoms with van der Waals surface area (Å²) in [6, 6.07) is 15.2. The third-order valence-electron chi connectivity index (χ3n) is 3.71. The minimum atomic E-state index is -0.592. The zero-order valence-electron chi connectivity index (χ0n) is 14.3. The van der Waals surface area contributed by atoms with E-state index in [1.165, 1.54) is 0 Å². The number of esters is 1. The lowest BCUT2D eigenvalue weighted by atomic mass is 10.2. The molecule has 3 rings (SSSR count). The lowest BCUT2D eigenvalue weighted by Crippen LogP contribution is -2.24. The van der Waals surface area contributed by atoms with Gasteiger partial charge in [0.1, 0.15) is 11.4 Å². The standard InChI is InChI=1S/C20H13Br2ClN2O3/c21-13-9-12(11-25-19(26)17-7-3-4-8-24-17)18(15(22)10-13)28-20(27)14-5-1-2-6-16(14)23/h1-10H,11H2,(H,25,26). The molecule has 28 heavy (non-hydrogen) atoms. The molecule has 2 aromatic carbocycles. The number of halogens is 3. The lowest BCUT2D eigenvalue weighted by molar-refractivity contribution is 0.0732. The average Bonchev–Trinajstić information content (AvgIpc) is 2.69. The largest absolute Gasteiger partial charge is 0.421 e. The van der Waals surface area contributed by atoms with E-state index in [1.54, 1.807) is 60.8 Å². The van der Waals surface area contributed by atoms with Crippen LogP contribution in [-0.2, 0) is 6.54 Å². The number of hydrogen-bond donors (Lipinski definition) is 1. The van der Waals surface area contributed by atoms with Crippen molar-refractivity contribution in [2.45, 2.75) is 6.54 Å². The highest BCUT2D eigenvalue weighted by Crippen LogP contribution is 2.34. The fourth-order valence-corrected chi connectivity index (χ4v) is 4.00. The lowest BCUT2D eigenvalue weighted by Gasteiger charge is -2.14. The summed E-state index contributed by atoms with van der Waals surface area (Å²) in [5.41, 5.74) is 1.15. The van der Waals surface area contributed by atoms with E-state index in [9.17, 15) is 9.59 Å². The monoisotopic (exact) mass is 522 g/mol. The van der Waals surface area contributed by atoms with Gasteiger partial charge in [-0.3, -0.25) is 9.78 Å². The summed E-state index contributed by atoms with van der Waals surface area (Å²) in [7, 11) is 0. The first-order valence-corrected chi connectivity index (χ1v) is 10.1. The molecule has 8 heteroatoms. The number of benzene rings is 2. The van der Waals surface area contributed by atoms with Gasteiger partial charge >= 0.3 is 5.97 Å². The smallest absolute Gasteiger partial charge is 0.345 e. The van der Waals surface area contributed by atoms with Gasteiger partial charge in [-0.05, 0) is 52.3 Å². The summed E-state index contributed by atoms with van der Waals surface area (Å²) in [4.78, 5) is 28.8. The van der Waals surface area contributed by atoms with Crippen LogP contribution in [0.2, 0.25) is 5.02 Å². The Hall–Kier alpha value is -2.22. The average molecular weight is 525 g/mol. The Morgan fingerprint density at radius 1 is 1.07 bits per heavy atom. The molecule has 0 radical (unpaired) electrons. The molecule has 142 valence electrons. The molecule has 3 aromatic rings. The van der Waals surface area contributed by atoms with Crippen LogP contribution in [0.1, 0.15) is 26.4 Å². The molecule has 5 nitrogen and oxygen atoms in total. The van der Waals surface area contributed by atoms with Gasteiger partial charge in [-0.2, -0.15) is 0 Å². The minimum absolute atomic E-state index is 0.137. The second-order valence-electron chi connectivity index (χ2n) is 5.64. The summed E-state index contributed by atoms with van der Waals surface area (Å²) in [5.74, 6) is -0.625. The number of pyridine rings is 1. The molecule has 1 heterocycles. The summed E-state index contributed by atoms with van der Waals surface area (Å²) in [5, 5.41) is 3.07. The molecular weight excluding hydrogens is 511 g/mol. The van der Waals surface area contributed by atoms with Crippen LogP contribution in [0.4, 0.5) is 0 Å². The van der Waals surface area contributed by atoms with Gasteiger partial charge in [0.25, 0.3) is 5.91 Å². The van der Waals surface area contributed by atoms with Gasteiger partial charge in [-0.15, -0.1) is 0 Å². The first-order valence-electron chi connectivity index (χ1n) is 8.09. The van der Waals surface area contributed by atoms with Crippen LogP contribution in [0, 0.1) is 0 Å². The summed E-state index contributed by atoms with van der Waals surface area (Å²) in [6.45, 7) is 0.137. The Morgan fingerprint density at radius 2 is 1.82 bits per heavy atom. The SMILES string of the molecule is O=C(NCc1cc(Br)cc(Br)c1OC(=O)c1ccccc1Cl)c1ccccn1. The second kappa shape index (κ2) is 9.32. The fourth-order valence-electron chi connectivity index (χ4n) is 2.40. The molecule has 0 bridgehead atoms. The van der Waals surface area contributed by atoms with Crippen LogP contribution in [0.15, 0.2) is 69.7 Å². The number of ether oxygens (including phenoxy) is 1. The number of hydrogen-bond acceptors (Lipinski definition) is 4. The second-order valence-corrected chi connectivity index (χ2v) is 7.82. The maximum absolute atomic E-state index is 12.5. The zero-order chi connectivity index (χ0) is 20.1. The van der Waals surface area contributed by atoms with E-state index in [0.717, 1.165) is 4.47 Å². The number of aromatic nitrogens is 1. The van der Waals surface area contributed by atoms with Gasteiger partial charge in [-0.25, -0.2) is 4.79 Å². The van der Waals surface area contributed by atoms with Crippen molar-refractivity contribution >= 4 is 55.3 Å². The number of amides is 1. The van der Waals surface area contributed by atoms with Crippen LogP contribution < -0.4 is 10.1 Å². The van der Waals surface area contributed by atoms with Crippen LogP contribution in [0.3, 0.4) is 0 Å². The quantitative estimate of drug-likeness (QED) is 0.358. The molecule has 0 aliphatic rings. The van der Waals surface area contributed by atoms with Crippen LogP contribution in [0.25, 0.3) is 0 Å². The number of rotatable bonds is 5. The van der Waals surface area contributed by atoms with Gasteiger partial charge in [0, 0.05) is 22.8 Å². The van der Waals surface area contributed by atoms with Crippen molar-refractivity contribution in [1.29, 1.82) is 0 Å². The molecule has 0 fully saturated rings. The van der Waals surface area contributed by atoms with Gasteiger partial charge in [-0.1, -0.05) is 45.7 Å². The van der Waals surface area contributed by atoms with E-state index in [0.29, 0.717) is 26.5 Å². The Kier molecular flexibility index (Phi) is 6.83. The summed E-state index contributed by atoms with van der Waals surface area (Å²) in [6.07, 6.45) is 1.54. The highest BCUT2D eigenvalue weighted by Gasteiger charge is 2.18. The van der Waals surface area contributed by atoms with Gasteiger partial charge in [0.2, 0.25) is 0 Å². The van der Waals surface area contributed by atoms with Crippen molar-refractivity contribution in [3.63, 3.8) is 0 Å². The maximum atomic E-state index is 12.5. The Morgan fingerprint density at radius 3 is 2.54 bits per heavy atom. The summed E-state index contributed by atoms with van der Waals surface area (Å²) < 4.78 is 6.90. The van der Waals surface area contributed by atoms with E-state index in [1.807, 2.05) is 0 Å². The van der Waals surface area contributed by atoms with Gasteiger partial charge in [0.05, 0.1) is 15.1 Å². The predicted octanol–water partition coefficient (Wildman–Crippen LogP) is 5.41. The van der Waals surface area contributed by atoms with Gasteiger partial charge < -0.3 is 10.1 Å². The van der Waals surface area contributed by atoms with Crippen molar-refractivity contribution in [2.24, 2.45) is 0 Å². The van der Waals surface area contributed by atoms with E-state index in [4.69, 9.17) is 16.3 Å². The highest BCUT2D eigenvalue weighted by molar-refractivity contribution is 9.11. The normalized spacial score (nSPS) is 10.4. The third kappa shape index (κ3) is 4.98. The van der Waals surface area contributed by atoms with E-state index >= 15 is 0 Å². The molecule has 0 aliphatic heterocycles. The number of carbonyl (C=O) groups is 2. The molecule has 0 saturated heterocycles. The van der Waals surface area contributed by atoms with Crippen molar-refractivity contribution < 1.29 is 14.3 Å². The Labute approximate surface area is 183 Å². The first-order chi connectivity index (χ1) is 13.5.